The van der Waals surface area contributed by atoms with E-state index in [4.69, 9.17) is 5.26 Å². The number of nitrogens with zero attached hydrogens (tertiary/aromatic N) is 4. The van der Waals surface area contributed by atoms with Crippen LogP contribution >= 0.6 is 0 Å². The van der Waals surface area contributed by atoms with E-state index in [0.717, 1.165) is 32.1 Å². The lowest BCUT2D eigenvalue weighted by molar-refractivity contribution is -0.914. The average molecular weight is 337 g/mol. The number of hydrogen-bond acceptors (Lipinski definition) is 5. The van der Waals surface area contributed by atoms with Crippen molar-refractivity contribution < 1.29 is 9.69 Å². The summed E-state index contributed by atoms with van der Waals surface area (Å²) >= 11 is 0. The van der Waals surface area contributed by atoms with Gasteiger partial charge in [-0.25, -0.2) is 9.97 Å². The zero-order valence-corrected chi connectivity index (χ0v) is 14.1. The summed E-state index contributed by atoms with van der Waals surface area (Å²) in [6, 6.07) is 10.6. The standard InChI is InChI=1S/C18H20N6O/c1-14(17(25)22-16-5-3-15(13-19)4-6-16)23-9-11-24(12-10-23)18-20-7-2-8-21-18/h2-8,14H,9-12H2,1H3,(H,22,25)/p+1/t14-/m0/s1. The molecule has 1 aliphatic rings. The van der Waals surface area contributed by atoms with Gasteiger partial charge in [0.05, 0.1) is 37.8 Å². The Hall–Kier alpha value is -2.98. The van der Waals surface area contributed by atoms with Crippen LogP contribution in [0, 0.1) is 11.3 Å². The molecule has 1 aromatic heterocycles. The van der Waals surface area contributed by atoms with E-state index in [0.29, 0.717) is 11.3 Å². The van der Waals surface area contributed by atoms with Crippen LogP contribution in [0.25, 0.3) is 0 Å². The minimum atomic E-state index is -0.144. The van der Waals surface area contributed by atoms with Crippen LogP contribution in [0.15, 0.2) is 42.7 Å². The molecular weight excluding hydrogens is 316 g/mol. The summed E-state index contributed by atoms with van der Waals surface area (Å²) in [5.41, 5.74) is 1.29. The third-order valence-electron chi connectivity index (χ3n) is 4.53. The van der Waals surface area contributed by atoms with Gasteiger partial charge >= 0.3 is 0 Å². The molecule has 7 nitrogen and oxygen atoms in total. The van der Waals surface area contributed by atoms with E-state index in [1.165, 1.54) is 4.90 Å². The molecule has 1 atom stereocenters. The second kappa shape index (κ2) is 7.73. The number of piperazine rings is 1. The fourth-order valence-corrected chi connectivity index (χ4v) is 2.95. The van der Waals surface area contributed by atoms with Gasteiger partial charge in [0.15, 0.2) is 6.04 Å². The Morgan fingerprint density at radius 1 is 1.24 bits per heavy atom. The maximum atomic E-state index is 12.5. The van der Waals surface area contributed by atoms with Crippen molar-refractivity contribution in [3.05, 3.63) is 48.3 Å². The summed E-state index contributed by atoms with van der Waals surface area (Å²) < 4.78 is 0. The number of rotatable bonds is 4. The lowest BCUT2D eigenvalue weighted by Crippen LogP contribution is -3.19. The van der Waals surface area contributed by atoms with Gasteiger partial charge < -0.3 is 15.1 Å². The van der Waals surface area contributed by atoms with Crippen molar-refractivity contribution in [3.8, 4) is 6.07 Å². The molecule has 1 amide bonds. The van der Waals surface area contributed by atoms with E-state index in [-0.39, 0.29) is 11.9 Å². The largest absolute Gasteiger partial charge is 0.330 e. The van der Waals surface area contributed by atoms with Gasteiger partial charge in [-0.1, -0.05) is 0 Å². The predicted molar refractivity (Wildman–Crippen MR) is 94.2 cm³/mol. The van der Waals surface area contributed by atoms with Gasteiger partial charge in [0, 0.05) is 18.1 Å². The first-order valence-corrected chi connectivity index (χ1v) is 8.35. The SMILES string of the molecule is C[C@@H](C(=O)Nc1ccc(C#N)cc1)[NH+]1CCN(c2ncccn2)CC1. The van der Waals surface area contributed by atoms with Gasteiger partial charge in [-0.2, -0.15) is 5.26 Å². The molecular formula is C18H21N6O+. The molecule has 2 aromatic rings. The summed E-state index contributed by atoms with van der Waals surface area (Å²) in [4.78, 5) is 24.4. The topological polar surface area (TPSA) is 86.4 Å². The Kier molecular flexibility index (Phi) is 5.21. The highest BCUT2D eigenvalue weighted by Crippen LogP contribution is 2.09. The van der Waals surface area contributed by atoms with Gasteiger partial charge in [-0.05, 0) is 37.3 Å². The number of quaternary nitrogens is 1. The maximum absolute atomic E-state index is 12.5. The number of nitrogens with one attached hydrogen (secondary N) is 2. The average Bonchev–Trinajstić information content (AvgIpc) is 2.69. The Bertz CT molecular complexity index is 747. The summed E-state index contributed by atoms with van der Waals surface area (Å²) in [6.07, 6.45) is 3.49. The number of anilines is 2. The first-order valence-electron chi connectivity index (χ1n) is 8.35. The number of carbonyl (C=O) groups is 1. The van der Waals surface area contributed by atoms with Crippen LogP contribution in [0.5, 0.6) is 0 Å². The molecule has 0 spiro atoms. The van der Waals surface area contributed by atoms with Gasteiger partial charge in [-0.15, -0.1) is 0 Å². The fourth-order valence-electron chi connectivity index (χ4n) is 2.95. The molecule has 1 aromatic carbocycles. The minimum Gasteiger partial charge on any atom is -0.330 e. The lowest BCUT2D eigenvalue weighted by atomic mass is 10.2. The highest BCUT2D eigenvalue weighted by molar-refractivity contribution is 5.93. The molecule has 128 valence electrons. The van der Waals surface area contributed by atoms with Crippen molar-refractivity contribution in [3.63, 3.8) is 0 Å². The quantitative estimate of drug-likeness (QED) is 0.825. The third-order valence-corrected chi connectivity index (χ3v) is 4.53. The van der Waals surface area contributed by atoms with E-state index in [2.05, 4.69) is 26.3 Å². The van der Waals surface area contributed by atoms with E-state index < -0.39 is 0 Å². The van der Waals surface area contributed by atoms with E-state index in [1.807, 2.05) is 6.92 Å². The van der Waals surface area contributed by atoms with Crippen LogP contribution in [0.1, 0.15) is 12.5 Å². The van der Waals surface area contributed by atoms with E-state index in [9.17, 15) is 4.79 Å². The third kappa shape index (κ3) is 4.11. The van der Waals surface area contributed by atoms with E-state index in [1.54, 1.807) is 42.7 Å². The first-order chi connectivity index (χ1) is 12.2. The Labute approximate surface area is 146 Å². The van der Waals surface area contributed by atoms with E-state index >= 15 is 0 Å². The molecule has 2 heterocycles. The zero-order valence-electron chi connectivity index (χ0n) is 14.1. The number of carbonyl (C=O) groups excluding carboxylic acids is 1. The van der Waals surface area contributed by atoms with Crippen molar-refractivity contribution in [2.24, 2.45) is 0 Å². The molecule has 1 fully saturated rings. The van der Waals surface area contributed by atoms with Crippen molar-refractivity contribution in [1.29, 1.82) is 5.26 Å². The van der Waals surface area contributed by atoms with Crippen LogP contribution in [0.4, 0.5) is 11.6 Å². The number of nitriles is 1. The monoisotopic (exact) mass is 337 g/mol. The van der Waals surface area contributed by atoms with Crippen molar-refractivity contribution >= 4 is 17.5 Å². The number of hydrogen-bond donors (Lipinski definition) is 2. The molecule has 3 rings (SSSR count). The summed E-state index contributed by atoms with van der Waals surface area (Å²) in [5.74, 6) is 0.736. The Balaban J connectivity index is 1.54. The van der Waals surface area contributed by atoms with Crippen LogP contribution in [-0.4, -0.2) is 48.1 Å². The molecule has 0 bridgehead atoms. The second-order valence-corrected chi connectivity index (χ2v) is 6.09. The van der Waals surface area contributed by atoms with Gasteiger partial charge in [0.1, 0.15) is 0 Å². The predicted octanol–water partition coefficient (Wildman–Crippen LogP) is 0.0804. The molecule has 0 radical (unpaired) electrons. The number of benzene rings is 1. The van der Waals surface area contributed by atoms with Crippen LogP contribution in [0.3, 0.4) is 0 Å². The fraction of sp³-hybridized carbons (Fsp3) is 0.333. The second-order valence-electron chi connectivity index (χ2n) is 6.09. The normalized spacial score (nSPS) is 16.1. The zero-order chi connectivity index (χ0) is 17.6. The molecule has 1 aliphatic heterocycles. The Morgan fingerprint density at radius 2 is 1.88 bits per heavy atom. The highest BCUT2D eigenvalue weighted by atomic mass is 16.2. The van der Waals surface area contributed by atoms with Crippen LogP contribution in [0.2, 0.25) is 0 Å². The van der Waals surface area contributed by atoms with Crippen molar-refractivity contribution in [2.45, 2.75) is 13.0 Å². The smallest absolute Gasteiger partial charge is 0.282 e. The highest BCUT2D eigenvalue weighted by Gasteiger charge is 2.29. The van der Waals surface area contributed by atoms with Gasteiger partial charge in [0.2, 0.25) is 5.95 Å². The number of amides is 1. The molecule has 0 aliphatic carbocycles. The summed E-state index contributed by atoms with van der Waals surface area (Å²) in [5, 5.41) is 11.7. The van der Waals surface area contributed by atoms with Gasteiger partial charge in [-0.3, -0.25) is 4.79 Å². The summed E-state index contributed by atoms with van der Waals surface area (Å²) in [7, 11) is 0. The lowest BCUT2D eigenvalue weighted by Gasteiger charge is -2.34. The first kappa shape index (κ1) is 16.9. The molecule has 25 heavy (non-hydrogen) atoms. The van der Waals surface area contributed by atoms with Crippen molar-refractivity contribution in [1.82, 2.24) is 9.97 Å². The van der Waals surface area contributed by atoms with Crippen LogP contribution < -0.4 is 15.1 Å². The number of aromatic nitrogens is 2. The Morgan fingerprint density at radius 3 is 2.48 bits per heavy atom. The van der Waals surface area contributed by atoms with Gasteiger partial charge in [0.25, 0.3) is 5.91 Å². The molecule has 0 saturated carbocycles. The molecule has 0 unspecified atom stereocenters. The maximum Gasteiger partial charge on any atom is 0.282 e. The minimum absolute atomic E-state index is 0.0101. The van der Waals surface area contributed by atoms with Crippen LogP contribution in [-0.2, 0) is 4.79 Å². The molecule has 2 N–H and O–H groups in total. The summed E-state index contributed by atoms with van der Waals surface area (Å²) in [6.45, 7) is 5.32. The van der Waals surface area contributed by atoms with Crippen molar-refractivity contribution in [2.75, 3.05) is 36.4 Å². The molecule has 7 heteroatoms. The molecule has 1 saturated heterocycles.